The van der Waals surface area contributed by atoms with E-state index < -0.39 is 0 Å². The Balaban J connectivity index is 0.00000112. The van der Waals surface area contributed by atoms with E-state index in [0.29, 0.717) is 18.1 Å². The monoisotopic (exact) mass is 246 g/mol. The van der Waals surface area contributed by atoms with Crippen molar-refractivity contribution in [3.63, 3.8) is 0 Å². The third-order valence-corrected chi connectivity index (χ3v) is 2.33. The topological polar surface area (TPSA) is 77.8 Å². The minimum atomic E-state index is -0.216. The molecule has 0 fully saturated rings. The summed E-state index contributed by atoms with van der Waals surface area (Å²) < 4.78 is 4.96. The molecule has 0 saturated carbocycles. The number of nitrogens with zero attached hydrogens (tertiary/aromatic N) is 3. The SMILES string of the molecule is CC(N)c1nc(Cc2cscn2)no1.Cl. The van der Waals surface area contributed by atoms with E-state index in [4.69, 9.17) is 10.3 Å². The molecule has 2 rings (SSSR count). The average molecular weight is 247 g/mol. The molecule has 5 nitrogen and oxygen atoms in total. The minimum absolute atomic E-state index is 0. The molecule has 2 aromatic rings. The number of nitrogens with two attached hydrogens (primary N) is 1. The Hall–Kier alpha value is -0.980. The zero-order valence-electron chi connectivity index (χ0n) is 8.08. The predicted molar refractivity (Wildman–Crippen MR) is 59.1 cm³/mol. The van der Waals surface area contributed by atoms with Crippen LogP contribution in [0.1, 0.15) is 30.4 Å². The van der Waals surface area contributed by atoms with Crippen LogP contribution < -0.4 is 5.73 Å². The van der Waals surface area contributed by atoms with Gasteiger partial charge in [-0.3, -0.25) is 0 Å². The molecule has 1 atom stereocenters. The van der Waals surface area contributed by atoms with Gasteiger partial charge in [0.15, 0.2) is 5.82 Å². The first-order chi connectivity index (χ1) is 6.75. The molecule has 2 N–H and O–H groups in total. The molecule has 0 aliphatic carbocycles. The van der Waals surface area contributed by atoms with E-state index in [2.05, 4.69) is 15.1 Å². The van der Waals surface area contributed by atoms with Crippen LogP contribution in [-0.2, 0) is 6.42 Å². The van der Waals surface area contributed by atoms with Crippen molar-refractivity contribution in [3.05, 3.63) is 28.3 Å². The summed E-state index contributed by atoms with van der Waals surface area (Å²) in [5.74, 6) is 1.10. The van der Waals surface area contributed by atoms with Gasteiger partial charge >= 0.3 is 0 Å². The number of aromatic nitrogens is 3. The Labute approximate surface area is 97.1 Å². The summed E-state index contributed by atoms with van der Waals surface area (Å²) in [6.07, 6.45) is 0.597. The van der Waals surface area contributed by atoms with Crippen LogP contribution in [0.25, 0.3) is 0 Å². The van der Waals surface area contributed by atoms with E-state index in [1.807, 2.05) is 5.38 Å². The zero-order valence-corrected chi connectivity index (χ0v) is 9.72. The fraction of sp³-hybridized carbons (Fsp3) is 0.375. The lowest BCUT2D eigenvalue weighted by Crippen LogP contribution is -2.05. The summed E-state index contributed by atoms with van der Waals surface area (Å²) in [5, 5.41) is 5.77. The maximum absolute atomic E-state index is 5.59. The third kappa shape index (κ3) is 2.98. The number of hydrogen-bond donors (Lipinski definition) is 1. The molecule has 0 saturated heterocycles. The van der Waals surface area contributed by atoms with Crippen LogP contribution in [-0.4, -0.2) is 15.1 Å². The molecule has 7 heteroatoms. The van der Waals surface area contributed by atoms with Gasteiger partial charge in [-0.25, -0.2) is 4.98 Å². The molecule has 0 amide bonds. The van der Waals surface area contributed by atoms with E-state index in [1.165, 1.54) is 0 Å². The molecule has 0 aliphatic heterocycles. The van der Waals surface area contributed by atoms with Crippen LogP contribution in [0.5, 0.6) is 0 Å². The Morgan fingerprint density at radius 2 is 2.40 bits per heavy atom. The van der Waals surface area contributed by atoms with Gasteiger partial charge in [-0.05, 0) is 6.92 Å². The first-order valence-electron chi connectivity index (χ1n) is 4.21. The molecule has 0 bridgehead atoms. The van der Waals surface area contributed by atoms with Gasteiger partial charge in [0.25, 0.3) is 0 Å². The molecular weight excluding hydrogens is 236 g/mol. The second-order valence-corrected chi connectivity index (χ2v) is 3.71. The smallest absolute Gasteiger partial charge is 0.243 e. The van der Waals surface area contributed by atoms with Gasteiger partial charge in [-0.2, -0.15) is 4.98 Å². The highest BCUT2D eigenvalue weighted by Gasteiger charge is 2.10. The Morgan fingerprint density at radius 1 is 1.60 bits per heavy atom. The van der Waals surface area contributed by atoms with E-state index in [9.17, 15) is 0 Å². The highest BCUT2D eigenvalue weighted by molar-refractivity contribution is 7.07. The van der Waals surface area contributed by atoms with E-state index >= 15 is 0 Å². The lowest BCUT2D eigenvalue weighted by Gasteiger charge is -1.92. The average Bonchev–Trinajstić information content (AvgIpc) is 2.75. The van der Waals surface area contributed by atoms with Gasteiger partial charge in [-0.1, -0.05) is 5.16 Å². The Kier molecular flexibility index (Phi) is 4.19. The maximum atomic E-state index is 5.59. The molecule has 0 aromatic carbocycles. The zero-order chi connectivity index (χ0) is 9.97. The highest BCUT2D eigenvalue weighted by Crippen LogP contribution is 2.10. The second kappa shape index (κ2) is 5.20. The van der Waals surface area contributed by atoms with Gasteiger partial charge in [0, 0.05) is 5.38 Å². The van der Waals surface area contributed by atoms with Crippen molar-refractivity contribution in [1.82, 2.24) is 15.1 Å². The van der Waals surface area contributed by atoms with Crippen molar-refractivity contribution in [1.29, 1.82) is 0 Å². The molecule has 0 aliphatic rings. The van der Waals surface area contributed by atoms with Gasteiger partial charge in [0.05, 0.1) is 23.7 Å². The standard InChI is InChI=1S/C8H10N4OS.ClH/c1-5(9)8-11-7(12-13-8)2-6-3-14-4-10-6;/h3-5H,2,9H2,1H3;1H. The summed E-state index contributed by atoms with van der Waals surface area (Å²) in [7, 11) is 0. The molecule has 0 spiro atoms. The quantitative estimate of drug-likeness (QED) is 0.889. The fourth-order valence-electron chi connectivity index (χ4n) is 1.01. The van der Waals surface area contributed by atoms with Gasteiger partial charge in [-0.15, -0.1) is 23.7 Å². The van der Waals surface area contributed by atoms with Crippen molar-refractivity contribution in [2.45, 2.75) is 19.4 Å². The molecular formula is C8H11ClN4OS. The van der Waals surface area contributed by atoms with Crippen LogP contribution in [0.15, 0.2) is 15.4 Å². The normalized spacial score (nSPS) is 12.1. The fourth-order valence-corrected chi connectivity index (χ4v) is 1.57. The van der Waals surface area contributed by atoms with Crippen LogP contribution in [0.2, 0.25) is 0 Å². The number of hydrogen-bond acceptors (Lipinski definition) is 6. The van der Waals surface area contributed by atoms with Crippen molar-refractivity contribution in [2.75, 3.05) is 0 Å². The van der Waals surface area contributed by atoms with Crippen LogP contribution in [0, 0.1) is 0 Å². The molecule has 15 heavy (non-hydrogen) atoms. The first kappa shape index (κ1) is 12.1. The van der Waals surface area contributed by atoms with Crippen LogP contribution in [0.4, 0.5) is 0 Å². The second-order valence-electron chi connectivity index (χ2n) is 2.99. The predicted octanol–water partition coefficient (Wildman–Crippen LogP) is 1.56. The number of thiazole rings is 1. The summed E-state index contributed by atoms with van der Waals surface area (Å²) in [5.41, 5.74) is 8.32. The molecule has 2 heterocycles. The Morgan fingerprint density at radius 3 is 2.93 bits per heavy atom. The molecule has 2 aromatic heterocycles. The lowest BCUT2D eigenvalue weighted by molar-refractivity contribution is 0.357. The van der Waals surface area contributed by atoms with Crippen LogP contribution in [0.3, 0.4) is 0 Å². The Bertz CT molecular complexity index is 400. The molecule has 1 unspecified atom stereocenters. The van der Waals surface area contributed by atoms with Crippen molar-refractivity contribution >= 4 is 23.7 Å². The van der Waals surface area contributed by atoms with Crippen molar-refractivity contribution in [2.24, 2.45) is 5.73 Å². The van der Waals surface area contributed by atoms with Gasteiger partial charge < -0.3 is 10.3 Å². The molecule has 82 valence electrons. The van der Waals surface area contributed by atoms with Gasteiger partial charge in [0.2, 0.25) is 5.89 Å². The van der Waals surface area contributed by atoms with E-state index in [1.54, 1.807) is 23.8 Å². The third-order valence-electron chi connectivity index (χ3n) is 1.70. The van der Waals surface area contributed by atoms with Gasteiger partial charge in [0.1, 0.15) is 0 Å². The summed E-state index contributed by atoms with van der Waals surface area (Å²) in [4.78, 5) is 8.28. The highest BCUT2D eigenvalue weighted by atomic mass is 35.5. The van der Waals surface area contributed by atoms with E-state index in [-0.39, 0.29) is 18.4 Å². The maximum Gasteiger partial charge on any atom is 0.243 e. The van der Waals surface area contributed by atoms with Crippen molar-refractivity contribution < 1.29 is 4.52 Å². The minimum Gasteiger partial charge on any atom is -0.338 e. The number of rotatable bonds is 3. The summed E-state index contributed by atoms with van der Waals surface area (Å²) in [6.45, 7) is 1.81. The first-order valence-corrected chi connectivity index (χ1v) is 5.15. The van der Waals surface area contributed by atoms with E-state index in [0.717, 1.165) is 5.69 Å². The number of halogens is 1. The summed E-state index contributed by atoms with van der Waals surface area (Å²) >= 11 is 1.55. The van der Waals surface area contributed by atoms with Crippen LogP contribution >= 0.6 is 23.7 Å². The lowest BCUT2D eigenvalue weighted by atomic mass is 10.3. The summed E-state index contributed by atoms with van der Waals surface area (Å²) in [6, 6.07) is -0.216. The van der Waals surface area contributed by atoms with Crippen molar-refractivity contribution in [3.8, 4) is 0 Å². The molecule has 0 radical (unpaired) electrons. The largest absolute Gasteiger partial charge is 0.338 e.